The van der Waals surface area contributed by atoms with Crippen LogP contribution < -0.4 is 11.1 Å². The first-order valence-electron chi connectivity index (χ1n) is 7.21. The van der Waals surface area contributed by atoms with Crippen LogP contribution in [0.1, 0.15) is 31.0 Å². The van der Waals surface area contributed by atoms with Crippen molar-refractivity contribution in [3.63, 3.8) is 0 Å². The van der Waals surface area contributed by atoms with Gasteiger partial charge in [-0.05, 0) is 57.8 Å². The van der Waals surface area contributed by atoms with E-state index in [1.54, 1.807) is 0 Å². The molecule has 0 spiro atoms. The number of hydrogen-bond donors (Lipinski definition) is 3. The summed E-state index contributed by atoms with van der Waals surface area (Å²) in [5.74, 6) is 0. The highest BCUT2D eigenvalue weighted by Crippen LogP contribution is 2.21. The lowest BCUT2D eigenvalue weighted by Gasteiger charge is -2.07. The van der Waals surface area contributed by atoms with Crippen LogP contribution in [-0.2, 0) is 6.42 Å². The highest BCUT2D eigenvalue weighted by atomic mass is 14.8. The van der Waals surface area contributed by atoms with Crippen molar-refractivity contribution in [2.75, 3.05) is 13.1 Å². The van der Waals surface area contributed by atoms with Crippen molar-refractivity contribution in [1.82, 2.24) is 10.3 Å². The Kier molecular flexibility index (Phi) is 5.00. The van der Waals surface area contributed by atoms with Crippen LogP contribution >= 0.6 is 0 Å². The van der Waals surface area contributed by atoms with Gasteiger partial charge in [0.05, 0.1) is 0 Å². The molecule has 0 amide bonds. The first-order valence-corrected chi connectivity index (χ1v) is 7.21. The van der Waals surface area contributed by atoms with Gasteiger partial charge in [0.15, 0.2) is 0 Å². The Morgan fingerprint density at radius 2 is 2.05 bits per heavy atom. The number of aromatic nitrogens is 1. The number of fused-ring (bicyclic) bond motifs is 1. The molecule has 0 saturated heterocycles. The van der Waals surface area contributed by atoms with E-state index in [1.165, 1.54) is 22.2 Å². The normalized spacial score (nSPS) is 13.0. The van der Waals surface area contributed by atoms with Crippen molar-refractivity contribution in [2.24, 2.45) is 5.73 Å². The van der Waals surface area contributed by atoms with Crippen LogP contribution in [0, 0.1) is 6.92 Å². The zero-order valence-electron chi connectivity index (χ0n) is 12.0. The Balaban J connectivity index is 1.83. The minimum absolute atomic E-state index is 0.317. The second-order valence-electron chi connectivity index (χ2n) is 5.39. The number of para-hydroxylation sites is 1. The molecule has 1 atom stereocenters. The van der Waals surface area contributed by atoms with Crippen molar-refractivity contribution in [3.05, 3.63) is 35.5 Å². The van der Waals surface area contributed by atoms with Gasteiger partial charge in [-0.15, -0.1) is 0 Å². The summed E-state index contributed by atoms with van der Waals surface area (Å²) in [6.07, 6.45) is 3.33. The fourth-order valence-corrected chi connectivity index (χ4v) is 2.54. The minimum Gasteiger partial charge on any atom is -0.358 e. The molecule has 1 unspecified atom stereocenters. The van der Waals surface area contributed by atoms with E-state index in [0.717, 1.165) is 32.4 Å². The lowest BCUT2D eigenvalue weighted by Crippen LogP contribution is -2.22. The Bertz CT molecular complexity index is 514. The zero-order chi connectivity index (χ0) is 13.7. The van der Waals surface area contributed by atoms with Gasteiger partial charge in [0.2, 0.25) is 0 Å². The van der Waals surface area contributed by atoms with Gasteiger partial charge in [-0.25, -0.2) is 0 Å². The lowest BCUT2D eigenvalue weighted by molar-refractivity contribution is 0.575. The van der Waals surface area contributed by atoms with Gasteiger partial charge < -0.3 is 16.0 Å². The molecule has 1 aromatic heterocycles. The molecule has 0 bridgehead atoms. The Morgan fingerprint density at radius 1 is 1.26 bits per heavy atom. The average molecular weight is 259 g/mol. The molecule has 19 heavy (non-hydrogen) atoms. The monoisotopic (exact) mass is 259 g/mol. The predicted octanol–water partition coefficient (Wildman–Crippen LogP) is 2.74. The lowest BCUT2D eigenvalue weighted by atomic mass is 10.1. The predicted molar refractivity (Wildman–Crippen MR) is 82.5 cm³/mol. The first-order chi connectivity index (χ1) is 9.18. The summed E-state index contributed by atoms with van der Waals surface area (Å²) in [6, 6.07) is 8.84. The van der Waals surface area contributed by atoms with E-state index in [0.29, 0.717) is 6.04 Å². The van der Waals surface area contributed by atoms with Gasteiger partial charge in [0, 0.05) is 22.6 Å². The summed E-state index contributed by atoms with van der Waals surface area (Å²) in [6.45, 7) is 6.31. The van der Waals surface area contributed by atoms with Crippen LogP contribution in [0.3, 0.4) is 0 Å². The molecule has 3 nitrogen and oxygen atoms in total. The molecular formula is C16H25N3. The Labute approximate surface area is 115 Å². The number of H-pyrrole nitrogens is 1. The number of hydrogen-bond acceptors (Lipinski definition) is 2. The number of nitrogens with two attached hydrogens (primary N) is 1. The fraction of sp³-hybridized carbons (Fsp3) is 0.500. The highest BCUT2D eigenvalue weighted by Gasteiger charge is 2.06. The van der Waals surface area contributed by atoms with E-state index in [1.807, 2.05) is 0 Å². The summed E-state index contributed by atoms with van der Waals surface area (Å²) in [5, 5.41) is 4.86. The maximum atomic E-state index is 5.73. The standard InChI is InChI=1S/C16H25N3/c1-12(17)6-5-10-18-11-9-14-13(2)19-16-8-4-3-7-15(14)16/h3-4,7-8,12,18-19H,5-6,9-11,17H2,1-2H3. The summed E-state index contributed by atoms with van der Waals surface area (Å²) < 4.78 is 0. The van der Waals surface area contributed by atoms with Crippen molar-refractivity contribution in [3.8, 4) is 0 Å². The molecule has 1 aromatic carbocycles. The van der Waals surface area contributed by atoms with E-state index < -0.39 is 0 Å². The number of benzene rings is 1. The highest BCUT2D eigenvalue weighted by molar-refractivity contribution is 5.84. The van der Waals surface area contributed by atoms with Gasteiger partial charge >= 0.3 is 0 Å². The van der Waals surface area contributed by atoms with Crippen molar-refractivity contribution >= 4 is 10.9 Å². The third-order valence-corrected chi connectivity index (χ3v) is 3.59. The summed E-state index contributed by atoms with van der Waals surface area (Å²) >= 11 is 0. The molecule has 0 aliphatic carbocycles. The molecule has 2 aromatic rings. The van der Waals surface area contributed by atoms with Crippen molar-refractivity contribution < 1.29 is 0 Å². The molecule has 0 aliphatic rings. The van der Waals surface area contributed by atoms with Gasteiger partial charge in [-0.1, -0.05) is 18.2 Å². The van der Waals surface area contributed by atoms with Crippen molar-refractivity contribution in [2.45, 2.75) is 39.2 Å². The second kappa shape index (κ2) is 6.73. The molecule has 0 fully saturated rings. The number of aromatic amines is 1. The van der Waals surface area contributed by atoms with Crippen LogP contribution in [0.2, 0.25) is 0 Å². The molecule has 0 aliphatic heterocycles. The molecule has 4 N–H and O–H groups in total. The van der Waals surface area contributed by atoms with E-state index in [9.17, 15) is 0 Å². The Hall–Kier alpha value is -1.32. The molecular weight excluding hydrogens is 234 g/mol. The minimum atomic E-state index is 0.317. The van der Waals surface area contributed by atoms with Gasteiger partial charge in [-0.3, -0.25) is 0 Å². The molecule has 3 heteroatoms. The van der Waals surface area contributed by atoms with E-state index in [2.05, 4.69) is 48.4 Å². The van der Waals surface area contributed by atoms with Gasteiger partial charge in [0.1, 0.15) is 0 Å². The van der Waals surface area contributed by atoms with Crippen LogP contribution in [-0.4, -0.2) is 24.1 Å². The van der Waals surface area contributed by atoms with E-state index in [-0.39, 0.29) is 0 Å². The second-order valence-corrected chi connectivity index (χ2v) is 5.39. The summed E-state index contributed by atoms with van der Waals surface area (Å²) in [4.78, 5) is 3.45. The molecule has 0 saturated carbocycles. The summed E-state index contributed by atoms with van der Waals surface area (Å²) in [5.41, 5.74) is 9.71. The molecule has 1 heterocycles. The first kappa shape index (κ1) is 14.1. The smallest absolute Gasteiger partial charge is 0.0458 e. The third-order valence-electron chi connectivity index (χ3n) is 3.59. The zero-order valence-corrected chi connectivity index (χ0v) is 12.0. The van der Waals surface area contributed by atoms with E-state index in [4.69, 9.17) is 5.73 Å². The van der Waals surface area contributed by atoms with Crippen LogP contribution in [0.15, 0.2) is 24.3 Å². The van der Waals surface area contributed by atoms with Crippen molar-refractivity contribution in [1.29, 1.82) is 0 Å². The van der Waals surface area contributed by atoms with Crippen LogP contribution in [0.5, 0.6) is 0 Å². The quantitative estimate of drug-likeness (QED) is 0.670. The molecule has 2 rings (SSSR count). The van der Waals surface area contributed by atoms with Crippen LogP contribution in [0.4, 0.5) is 0 Å². The molecule has 0 radical (unpaired) electrons. The van der Waals surface area contributed by atoms with Gasteiger partial charge in [0.25, 0.3) is 0 Å². The number of nitrogens with one attached hydrogen (secondary N) is 2. The SMILES string of the molecule is Cc1[nH]c2ccccc2c1CCNCCCC(C)N. The third kappa shape index (κ3) is 3.82. The maximum absolute atomic E-state index is 5.73. The van der Waals surface area contributed by atoms with E-state index >= 15 is 0 Å². The molecule has 104 valence electrons. The fourth-order valence-electron chi connectivity index (χ4n) is 2.54. The maximum Gasteiger partial charge on any atom is 0.0458 e. The number of rotatable bonds is 7. The average Bonchev–Trinajstić information content (AvgIpc) is 2.69. The summed E-state index contributed by atoms with van der Waals surface area (Å²) in [7, 11) is 0. The Morgan fingerprint density at radius 3 is 2.84 bits per heavy atom. The van der Waals surface area contributed by atoms with Crippen LogP contribution in [0.25, 0.3) is 10.9 Å². The largest absolute Gasteiger partial charge is 0.358 e. The van der Waals surface area contributed by atoms with Gasteiger partial charge in [-0.2, -0.15) is 0 Å². The number of aryl methyl sites for hydroxylation is 1. The topological polar surface area (TPSA) is 53.8 Å².